The molecule has 3 rings (SSSR count). The van der Waals surface area contributed by atoms with E-state index in [1.807, 2.05) is 4.90 Å². The Bertz CT molecular complexity index is 710. The van der Waals surface area contributed by atoms with Gasteiger partial charge in [0.2, 0.25) is 11.8 Å². The molecule has 1 unspecified atom stereocenters. The van der Waals surface area contributed by atoms with Crippen LogP contribution in [0.15, 0.2) is 36.5 Å². The van der Waals surface area contributed by atoms with E-state index in [1.165, 1.54) is 24.3 Å². The number of hydrogen-bond donors (Lipinski definition) is 2. The summed E-state index contributed by atoms with van der Waals surface area (Å²) in [6.45, 7) is 1.36. The third kappa shape index (κ3) is 3.89. The van der Waals surface area contributed by atoms with Gasteiger partial charge >= 0.3 is 6.03 Å². The first-order valence-electron chi connectivity index (χ1n) is 7.59. The van der Waals surface area contributed by atoms with Crippen molar-refractivity contribution < 1.29 is 13.9 Å². The summed E-state index contributed by atoms with van der Waals surface area (Å²) in [7, 11) is 1.56. The van der Waals surface area contributed by atoms with Crippen LogP contribution >= 0.6 is 0 Å². The highest BCUT2D eigenvalue weighted by molar-refractivity contribution is 5.89. The third-order valence-electron chi connectivity index (χ3n) is 3.73. The van der Waals surface area contributed by atoms with E-state index in [0.717, 1.165) is 13.0 Å². The van der Waals surface area contributed by atoms with Gasteiger partial charge in [0.1, 0.15) is 5.82 Å². The molecule has 1 aliphatic heterocycles. The number of halogens is 1. The molecule has 1 aliphatic rings. The van der Waals surface area contributed by atoms with Gasteiger partial charge in [-0.05, 0) is 30.7 Å². The number of hydrogen-bond acceptors (Lipinski definition) is 5. The van der Waals surface area contributed by atoms with Crippen LogP contribution in [0.4, 0.5) is 20.8 Å². The lowest BCUT2D eigenvalue weighted by Gasteiger charge is -2.17. The topological polar surface area (TPSA) is 79.4 Å². The zero-order chi connectivity index (χ0) is 16.9. The minimum atomic E-state index is -0.342. The third-order valence-corrected chi connectivity index (χ3v) is 3.73. The Morgan fingerprint density at radius 3 is 2.88 bits per heavy atom. The van der Waals surface area contributed by atoms with E-state index < -0.39 is 0 Å². The Morgan fingerprint density at radius 1 is 1.33 bits per heavy atom. The molecule has 126 valence electrons. The predicted molar refractivity (Wildman–Crippen MR) is 87.8 cm³/mol. The first-order valence-corrected chi connectivity index (χ1v) is 7.59. The van der Waals surface area contributed by atoms with Gasteiger partial charge in [0.15, 0.2) is 0 Å². The zero-order valence-electron chi connectivity index (χ0n) is 13.2. The summed E-state index contributed by atoms with van der Waals surface area (Å²) in [5, 5.41) is 5.58. The van der Waals surface area contributed by atoms with E-state index in [2.05, 4.69) is 20.6 Å². The largest absolute Gasteiger partial charge is 0.481 e. The van der Waals surface area contributed by atoms with Crippen molar-refractivity contribution in [3.05, 3.63) is 42.3 Å². The van der Waals surface area contributed by atoms with Crippen molar-refractivity contribution in [1.29, 1.82) is 0 Å². The lowest BCUT2D eigenvalue weighted by Crippen LogP contribution is -2.39. The molecular formula is C16H18FN5O2. The van der Waals surface area contributed by atoms with Crippen LogP contribution in [0.5, 0.6) is 5.88 Å². The second-order valence-corrected chi connectivity index (χ2v) is 5.44. The molecule has 2 heterocycles. The molecule has 0 bridgehead atoms. The number of rotatable bonds is 4. The Kier molecular flexibility index (Phi) is 4.74. The van der Waals surface area contributed by atoms with E-state index >= 15 is 0 Å². The highest BCUT2D eigenvalue weighted by atomic mass is 19.1. The van der Waals surface area contributed by atoms with Gasteiger partial charge in [0.25, 0.3) is 0 Å². The van der Waals surface area contributed by atoms with Gasteiger partial charge in [-0.1, -0.05) is 0 Å². The van der Waals surface area contributed by atoms with Crippen LogP contribution < -0.4 is 20.3 Å². The second kappa shape index (κ2) is 7.12. The van der Waals surface area contributed by atoms with Crippen molar-refractivity contribution >= 4 is 17.7 Å². The van der Waals surface area contributed by atoms with Gasteiger partial charge < -0.3 is 20.3 Å². The average molecular weight is 331 g/mol. The number of carbonyl (C=O) groups is 1. The molecule has 0 aliphatic carbocycles. The molecule has 7 nitrogen and oxygen atoms in total. The highest BCUT2D eigenvalue weighted by Crippen LogP contribution is 2.18. The van der Waals surface area contributed by atoms with Crippen LogP contribution in [-0.2, 0) is 0 Å². The number of methoxy groups -OCH3 is 1. The fraction of sp³-hybridized carbons (Fsp3) is 0.312. The maximum absolute atomic E-state index is 12.9. The summed E-state index contributed by atoms with van der Waals surface area (Å²) in [6.07, 6.45) is 2.43. The van der Waals surface area contributed by atoms with Crippen molar-refractivity contribution in [2.75, 3.05) is 30.4 Å². The van der Waals surface area contributed by atoms with Gasteiger partial charge in [-0.25, -0.2) is 14.2 Å². The summed E-state index contributed by atoms with van der Waals surface area (Å²) < 4.78 is 18.0. The van der Waals surface area contributed by atoms with Crippen molar-refractivity contribution in [1.82, 2.24) is 15.3 Å². The van der Waals surface area contributed by atoms with Crippen LogP contribution in [0, 0.1) is 5.82 Å². The summed E-state index contributed by atoms with van der Waals surface area (Å²) >= 11 is 0. The molecule has 0 spiro atoms. The summed E-state index contributed by atoms with van der Waals surface area (Å²) in [5.41, 5.74) is 0.542. The lowest BCUT2D eigenvalue weighted by atomic mass is 10.3. The van der Waals surface area contributed by atoms with Crippen molar-refractivity contribution in [3.8, 4) is 5.88 Å². The molecule has 2 aromatic rings. The van der Waals surface area contributed by atoms with Gasteiger partial charge in [-0.15, -0.1) is 0 Å². The number of urea groups is 1. The SMILES string of the molecule is COc1ccnc(N2CCC(NC(=O)Nc3ccc(F)cc3)C2)n1. The Morgan fingerprint density at radius 2 is 2.12 bits per heavy atom. The molecule has 2 N–H and O–H groups in total. The van der Waals surface area contributed by atoms with Crippen LogP contribution in [0.25, 0.3) is 0 Å². The molecule has 1 fully saturated rings. The molecule has 1 aromatic heterocycles. The van der Waals surface area contributed by atoms with E-state index in [4.69, 9.17) is 4.74 Å². The number of amides is 2. The highest BCUT2D eigenvalue weighted by Gasteiger charge is 2.25. The molecule has 1 aromatic carbocycles. The number of carbonyl (C=O) groups excluding carboxylic acids is 1. The van der Waals surface area contributed by atoms with Crippen LogP contribution in [-0.4, -0.2) is 42.2 Å². The van der Waals surface area contributed by atoms with E-state index in [0.29, 0.717) is 24.1 Å². The molecule has 1 saturated heterocycles. The fourth-order valence-electron chi connectivity index (χ4n) is 2.54. The molecule has 0 radical (unpaired) electrons. The van der Waals surface area contributed by atoms with Crippen molar-refractivity contribution in [2.45, 2.75) is 12.5 Å². The summed E-state index contributed by atoms with van der Waals surface area (Å²) in [6, 6.07) is 6.98. The average Bonchev–Trinajstić information content (AvgIpc) is 3.05. The maximum atomic E-state index is 12.9. The fourth-order valence-corrected chi connectivity index (χ4v) is 2.54. The van der Waals surface area contributed by atoms with Crippen LogP contribution in [0.1, 0.15) is 6.42 Å². The van der Waals surface area contributed by atoms with Gasteiger partial charge in [-0.3, -0.25) is 0 Å². The quantitative estimate of drug-likeness (QED) is 0.896. The standard InChI is InChI=1S/C16H18FN5O2/c1-24-14-6-8-18-15(21-14)22-9-7-13(10-22)20-16(23)19-12-4-2-11(17)3-5-12/h2-6,8,13H,7,9-10H2,1H3,(H2,19,20,23). The number of anilines is 2. The van der Waals surface area contributed by atoms with Gasteiger partial charge in [-0.2, -0.15) is 4.98 Å². The lowest BCUT2D eigenvalue weighted by molar-refractivity contribution is 0.249. The van der Waals surface area contributed by atoms with Crippen molar-refractivity contribution in [2.24, 2.45) is 0 Å². The van der Waals surface area contributed by atoms with E-state index in [1.54, 1.807) is 19.4 Å². The number of nitrogens with zero attached hydrogens (tertiary/aromatic N) is 3. The zero-order valence-corrected chi connectivity index (χ0v) is 13.2. The molecule has 1 atom stereocenters. The smallest absolute Gasteiger partial charge is 0.319 e. The molecular weight excluding hydrogens is 313 g/mol. The molecule has 24 heavy (non-hydrogen) atoms. The van der Waals surface area contributed by atoms with Crippen molar-refractivity contribution in [3.63, 3.8) is 0 Å². The minimum absolute atomic E-state index is 0.0137. The van der Waals surface area contributed by atoms with Crippen LogP contribution in [0.3, 0.4) is 0 Å². The number of aromatic nitrogens is 2. The van der Waals surface area contributed by atoms with Gasteiger partial charge in [0.05, 0.1) is 7.11 Å². The first-order chi connectivity index (χ1) is 11.6. The predicted octanol–water partition coefficient (Wildman–Crippen LogP) is 2.02. The summed E-state index contributed by atoms with van der Waals surface area (Å²) in [5.74, 6) is 0.744. The Labute approximate surface area is 138 Å². The van der Waals surface area contributed by atoms with E-state index in [-0.39, 0.29) is 17.9 Å². The minimum Gasteiger partial charge on any atom is -0.481 e. The normalized spacial score (nSPS) is 16.8. The van der Waals surface area contributed by atoms with Crippen LogP contribution in [0.2, 0.25) is 0 Å². The number of benzene rings is 1. The molecule has 2 amide bonds. The first kappa shape index (κ1) is 16.0. The van der Waals surface area contributed by atoms with Gasteiger partial charge in [0, 0.05) is 37.1 Å². The molecule has 8 heteroatoms. The number of nitrogens with one attached hydrogen (secondary N) is 2. The molecule has 0 saturated carbocycles. The second-order valence-electron chi connectivity index (χ2n) is 5.44. The Hall–Kier alpha value is -2.90. The maximum Gasteiger partial charge on any atom is 0.319 e. The Balaban J connectivity index is 1.53. The summed E-state index contributed by atoms with van der Waals surface area (Å²) in [4.78, 5) is 22.5. The van der Waals surface area contributed by atoms with E-state index in [9.17, 15) is 9.18 Å². The monoisotopic (exact) mass is 331 g/mol. The number of ether oxygens (including phenoxy) is 1.